The molecule has 0 aromatic heterocycles. The van der Waals surface area contributed by atoms with Crippen molar-refractivity contribution < 1.29 is 13.6 Å². The van der Waals surface area contributed by atoms with Gasteiger partial charge >= 0.3 is 0 Å². The summed E-state index contributed by atoms with van der Waals surface area (Å²) in [7, 11) is 0. The Morgan fingerprint density at radius 2 is 1.88 bits per heavy atom. The van der Waals surface area contributed by atoms with Crippen LogP contribution in [0.4, 0.5) is 8.78 Å². The zero-order chi connectivity index (χ0) is 12.1. The van der Waals surface area contributed by atoms with Gasteiger partial charge in [0.2, 0.25) is 5.91 Å². The first-order chi connectivity index (χ1) is 7.51. The number of rotatable bonds is 4. The predicted octanol–water partition coefficient (Wildman–Crippen LogP) is 2.42. The number of carbonyl (C=O) groups excluding carboxylic acids is 1. The Bertz CT molecular complexity index is 359. The first kappa shape index (κ1) is 12.6. The highest BCUT2D eigenvalue weighted by atomic mass is 19.1. The molecule has 1 N–H and O–H groups in total. The van der Waals surface area contributed by atoms with Crippen molar-refractivity contribution >= 4 is 5.91 Å². The number of amides is 1. The Kier molecular flexibility index (Phi) is 4.40. The molecule has 1 unspecified atom stereocenters. The lowest BCUT2D eigenvalue weighted by atomic mass is 10.1. The second kappa shape index (κ2) is 5.58. The van der Waals surface area contributed by atoms with E-state index in [0.29, 0.717) is 18.4 Å². The lowest BCUT2D eigenvalue weighted by Crippen LogP contribution is -2.33. The molecule has 1 aromatic carbocycles. The standard InChI is InChI=1S/C12H15F2NO/c1-3-12(16)15-8(2)4-9-5-10(13)7-11(14)6-9/h5-8H,3-4H2,1-2H3,(H,15,16). The molecule has 0 fully saturated rings. The number of carbonyl (C=O) groups is 1. The van der Waals surface area contributed by atoms with Gasteiger partial charge in [-0.05, 0) is 31.0 Å². The number of hydrogen-bond donors (Lipinski definition) is 1. The van der Waals surface area contributed by atoms with E-state index in [0.717, 1.165) is 6.07 Å². The fourth-order valence-electron chi connectivity index (χ4n) is 1.51. The number of halogens is 2. The molecule has 1 rings (SSSR count). The minimum Gasteiger partial charge on any atom is -0.353 e. The van der Waals surface area contributed by atoms with Crippen LogP contribution in [0.1, 0.15) is 25.8 Å². The first-order valence-corrected chi connectivity index (χ1v) is 5.25. The average molecular weight is 227 g/mol. The summed E-state index contributed by atoms with van der Waals surface area (Å²) >= 11 is 0. The van der Waals surface area contributed by atoms with Gasteiger partial charge in [0.25, 0.3) is 0 Å². The van der Waals surface area contributed by atoms with E-state index in [1.165, 1.54) is 12.1 Å². The molecule has 0 spiro atoms. The fraction of sp³-hybridized carbons (Fsp3) is 0.417. The third-order valence-electron chi connectivity index (χ3n) is 2.19. The van der Waals surface area contributed by atoms with Crippen LogP contribution in [-0.2, 0) is 11.2 Å². The smallest absolute Gasteiger partial charge is 0.219 e. The van der Waals surface area contributed by atoms with Crippen LogP contribution in [-0.4, -0.2) is 11.9 Å². The maximum atomic E-state index is 12.9. The second-order valence-corrected chi connectivity index (χ2v) is 3.80. The molecular formula is C12H15F2NO. The lowest BCUT2D eigenvalue weighted by molar-refractivity contribution is -0.121. The van der Waals surface area contributed by atoms with Crippen molar-refractivity contribution in [1.29, 1.82) is 0 Å². The Balaban J connectivity index is 2.62. The van der Waals surface area contributed by atoms with Crippen LogP contribution in [0.25, 0.3) is 0 Å². The lowest BCUT2D eigenvalue weighted by Gasteiger charge is -2.13. The molecule has 0 saturated heterocycles. The molecule has 16 heavy (non-hydrogen) atoms. The Labute approximate surface area is 93.7 Å². The molecule has 0 bridgehead atoms. The van der Waals surface area contributed by atoms with Gasteiger partial charge in [0.15, 0.2) is 0 Å². The quantitative estimate of drug-likeness (QED) is 0.841. The summed E-state index contributed by atoms with van der Waals surface area (Å²) in [6.07, 6.45) is 0.822. The summed E-state index contributed by atoms with van der Waals surface area (Å²) in [5.41, 5.74) is 0.543. The third-order valence-corrected chi connectivity index (χ3v) is 2.19. The molecule has 0 radical (unpaired) electrons. The normalized spacial score (nSPS) is 12.2. The van der Waals surface area contributed by atoms with E-state index in [2.05, 4.69) is 5.32 Å². The van der Waals surface area contributed by atoms with Crippen molar-refractivity contribution in [2.45, 2.75) is 32.7 Å². The first-order valence-electron chi connectivity index (χ1n) is 5.25. The van der Waals surface area contributed by atoms with Gasteiger partial charge < -0.3 is 5.32 Å². The molecule has 1 aromatic rings. The van der Waals surface area contributed by atoms with Gasteiger partial charge in [-0.25, -0.2) is 8.78 Å². The number of benzene rings is 1. The zero-order valence-corrected chi connectivity index (χ0v) is 9.39. The van der Waals surface area contributed by atoms with Gasteiger partial charge in [-0.2, -0.15) is 0 Å². The van der Waals surface area contributed by atoms with E-state index in [1.807, 2.05) is 0 Å². The summed E-state index contributed by atoms with van der Waals surface area (Å²) in [6, 6.07) is 3.25. The molecule has 0 heterocycles. The van der Waals surface area contributed by atoms with Gasteiger partial charge in [-0.1, -0.05) is 6.92 Å². The summed E-state index contributed by atoms with van der Waals surface area (Å²) in [5.74, 6) is -1.25. The maximum absolute atomic E-state index is 12.9. The minimum atomic E-state index is -0.594. The van der Waals surface area contributed by atoms with Crippen LogP contribution in [0, 0.1) is 11.6 Å². The topological polar surface area (TPSA) is 29.1 Å². The molecule has 1 amide bonds. The Morgan fingerprint density at radius 3 is 2.38 bits per heavy atom. The molecule has 0 aliphatic rings. The zero-order valence-electron chi connectivity index (χ0n) is 9.39. The SMILES string of the molecule is CCC(=O)NC(C)Cc1cc(F)cc(F)c1. The van der Waals surface area contributed by atoms with Crippen LogP contribution in [0.2, 0.25) is 0 Å². The molecule has 0 aliphatic carbocycles. The number of nitrogens with one attached hydrogen (secondary N) is 1. The van der Waals surface area contributed by atoms with Gasteiger partial charge in [0.1, 0.15) is 11.6 Å². The van der Waals surface area contributed by atoms with Crippen molar-refractivity contribution in [3.8, 4) is 0 Å². The maximum Gasteiger partial charge on any atom is 0.219 e. The van der Waals surface area contributed by atoms with Gasteiger partial charge in [-0.15, -0.1) is 0 Å². The van der Waals surface area contributed by atoms with Crippen molar-refractivity contribution in [3.05, 3.63) is 35.4 Å². The minimum absolute atomic E-state index is 0.0654. The van der Waals surface area contributed by atoms with E-state index in [4.69, 9.17) is 0 Å². The average Bonchev–Trinajstić information content (AvgIpc) is 2.15. The van der Waals surface area contributed by atoms with Gasteiger partial charge in [-0.3, -0.25) is 4.79 Å². The predicted molar refractivity (Wildman–Crippen MR) is 58.0 cm³/mol. The van der Waals surface area contributed by atoms with Gasteiger partial charge in [0, 0.05) is 18.5 Å². The van der Waals surface area contributed by atoms with Crippen LogP contribution in [0.15, 0.2) is 18.2 Å². The van der Waals surface area contributed by atoms with Crippen LogP contribution in [0.3, 0.4) is 0 Å². The van der Waals surface area contributed by atoms with Crippen LogP contribution >= 0.6 is 0 Å². The van der Waals surface area contributed by atoms with Gasteiger partial charge in [0.05, 0.1) is 0 Å². The molecule has 2 nitrogen and oxygen atoms in total. The molecule has 88 valence electrons. The summed E-state index contributed by atoms with van der Waals surface area (Å²) < 4.78 is 25.8. The second-order valence-electron chi connectivity index (χ2n) is 3.80. The monoisotopic (exact) mass is 227 g/mol. The van der Waals surface area contributed by atoms with E-state index in [-0.39, 0.29) is 11.9 Å². The molecule has 0 saturated carbocycles. The van der Waals surface area contributed by atoms with E-state index >= 15 is 0 Å². The molecule has 1 atom stereocenters. The molecule has 4 heteroatoms. The summed E-state index contributed by atoms with van der Waals surface area (Å²) in [5, 5.41) is 2.73. The third kappa shape index (κ3) is 3.96. The van der Waals surface area contributed by atoms with Crippen LogP contribution in [0.5, 0.6) is 0 Å². The Morgan fingerprint density at radius 1 is 1.31 bits per heavy atom. The van der Waals surface area contributed by atoms with E-state index in [9.17, 15) is 13.6 Å². The molecule has 0 aliphatic heterocycles. The molecular weight excluding hydrogens is 212 g/mol. The van der Waals surface area contributed by atoms with Crippen LogP contribution < -0.4 is 5.32 Å². The summed E-state index contributed by atoms with van der Waals surface area (Å²) in [6.45, 7) is 3.56. The highest BCUT2D eigenvalue weighted by Gasteiger charge is 2.08. The van der Waals surface area contributed by atoms with E-state index in [1.54, 1.807) is 13.8 Å². The highest BCUT2D eigenvalue weighted by Crippen LogP contribution is 2.10. The van der Waals surface area contributed by atoms with Crippen molar-refractivity contribution in [3.63, 3.8) is 0 Å². The fourth-order valence-corrected chi connectivity index (χ4v) is 1.51. The number of hydrogen-bond acceptors (Lipinski definition) is 1. The Hall–Kier alpha value is -1.45. The van der Waals surface area contributed by atoms with Crippen molar-refractivity contribution in [2.75, 3.05) is 0 Å². The van der Waals surface area contributed by atoms with Crippen molar-refractivity contribution in [1.82, 2.24) is 5.32 Å². The van der Waals surface area contributed by atoms with Crippen molar-refractivity contribution in [2.24, 2.45) is 0 Å². The highest BCUT2D eigenvalue weighted by molar-refractivity contribution is 5.75. The largest absolute Gasteiger partial charge is 0.353 e. The van der Waals surface area contributed by atoms with E-state index < -0.39 is 11.6 Å². The summed E-state index contributed by atoms with van der Waals surface area (Å²) in [4.78, 5) is 11.1.